The van der Waals surface area contributed by atoms with E-state index in [1.165, 1.54) is 25.9 Å². The van der Waals surface area contributed by atoms with Gasteiger partial charge in [0.05, 0.1) is 6.26 Å². The third kappa shape index (κ3) is 3.68. The van der Waals surface area contributed by atoms with Crippen LogP contribution in [0.2, 0.25) is 0 Å². The summed E-state index contributed by atoms with van der Waals surface area (Å²) in [6.45, 7) is 3.38. The molecule has 1 aromatic carbocycles. The van der Waals surface area contributed by atoms with Crippen molar-refractivity contribution >= 4 is 17.7 Å². The zero-order valence-corrected chi connectivity index (χ0v) is 14.4. The highest BCUT2D eigenvalue weighted by Crippen LogP contribution is 2.28. The van der Waals surface area contributed by atoms with Gasteiger partial charge in [0.2, 0.25) is 0 Å². The second-order valence-corrected chi connectivity index (χ2v) is 7.79. The molecule has 0 spiro atoms. The minimum absolute atomic E-state index is 0.0389. The molecule has 3 saturated heterocycles. The van der Waals surface area contributed by atoms with Crippen LogP contribution in [0.1, 0.15) is 29.6 Å². The lowest BCUT2D eigenvalue weighted by Gasteiger charge is -2.26. The molecule has 3 aliphatic heterocycles. The van der Waals surface area contributed by atoms with E-state index in [4.69, 9.17) is 4.42 Å². The van der Waals surface area contributed by atoms with Crippen molar-refractivity contribution in [3.63, 3.8) is 0 Å². The van der Waals surface area contributed by atoms with Gasteiger partial charge in [-0.1, -0.05) is 11.8 Å². The Bertz CT molecular complexity index is 662. The standard InChI is InChI=1S/C19H22N2O2S/c22-19(20-16-12-14-7-9-21(13-16)10-8-14)15-3-5-17(6-4-15)24-18-2-1-11-23-18/h1-6,11,14,16H,7-10,12-13H2,(H,20,22). The molecule has 1 unspecified atom stereocenters. The maximum absolute atomic E-state index is 12.5. The largest absolute Gasteiger partial charge is 0.458 e. The summed E-state index contributed by atoms with van der Waals surface area (Å²) in [5.74, 6) is 0.818. The van der Waals surface area contributed by atoms with Gasteiger partial charge < -0.3 is 14.6 Å². The van der Waals surface area contributed by atoms with Crippen LogP contribution in [0.25, 0.3) is 0 Å². The number of nitrogens with one attached hydrogen (secondary N) is 1. The molecule has 0 aliphatic carbocycles. The summed E-state index contributed by atoms with van der Waals surface area (Å²) in [7, 11) is 0. The fourth-order valence-corrected chi connectivity index (χ4v) is 4.43. The van der Waals surface area contributed by atoms with Crippen LogP contribution in [0, 0.1) is 5.92 Å². The molecule has 0 saturated carbocycles. The normalized spacial score (nSPS) is 26.1. The molecule has 2 aromatic rings. The number of hydrogen-bond donors (Lipinski definition) is 1. The number of carbonyl (C=O) groups excluding carboxylic acids is 1. The molecule has 5 heteroatoms. The topological polar surface area (TPSA) is 45.5 Å². The van der Waals surface area contributed by atoms with E-state index in [1.54, 1.807) is 18.0 Å². The summed E-state index contributed by atoms with van der Waals surface area (Å²) < 4.78 is 5.33. The van der Waals surface area contributed by atoms with Crippen molar-refractivity contribution in [3.8, 4) is 0 Å². The highest BCUT2D eigenvalue weighted by atomic mass is 32.2. The molecular weight excluding hydrogens is 320 g/mol. The van der Waals surface area contributed by atoms with Gasteiger partial charge in [-0.3, -0.25) is 4.79 Å². The summed E-state index contributed by atoms with van der Waals surface area (Å²) >= 11 is 1.56. The van der Waals surface area contributed by atoms with Gasteiger partial charge in [0.1, 0.15) is 0 Å². The van der Waals surface area contributed by atoms with Crippen LogP contribution < -0.4 is 5.32 Å². The molecule has 2 bridgehead atoms. The molecular formula is C19H22N2O2S. The van der Waals surface area contributed by atoms with E-state index in [2.05, 4.69) is 10.2 Å². The lowest BCUT2D eigenvalue weighted by Crippen LogP contribution is -2.41. The average molecular weight is 342 g/mol. The second kappa shape index (κ2) is 7.03. The van der Waals surface area contributed by atoms with Gasteiger partial charge in [-0.2, -0.15) is 0 Å². The maximum Gasteiger partial charge on any atom is 0.251 e. The Morgan fingerprint density at radius 2 is 1.96 bits per heavy atom. The number of piperidine rings is 1. The Balaban J connectivity index is 1.37. The van der Waals surface area contributed by atoms with Gasteiger partial charge in [-0.05, 0) is 74.7 Å². The Kier molecular flexibility index (Phi) is 4.63. The monoisotopic (exact) mass is 342 g/mol. The Labute approximate surface area is 146 Å². The molecule has 24 heavy (non-hydrogen) atoms. The summed E-state index contributed by atoms with van der Waals surface area (Å²) in [5.41, 5.74) is 0.727. The van der Waals surface area contributed by atoms with E-state index in [-0.39, 0.29) is 11.9 Å². The molecule has 4 nitrogen and oxygen atoms in total. The molecule has 1 N–H and O–H groups in total. The number of nitrogens with zero attached hydrogens (tertiary/aromatic N) is 1. The van der Waals surface area contributed by atoms with Crippen molar-refractivity contribution in [3.05, 3.63) is 48.2 Å². The van der Waals surface area contributed by atoms with Crippen LogP contribution in [0.3, 0.4) is 0 Å². The number of carbonyl (C=O) groups is 1. The lowest BCUT2D eigenvalue weighted by atomic mass is 9.94. The first kappa shape index (κ1) is 15.8. The van der Waals surface area contributed by atoms with Crippen LogP contribution in [0.5, 0.6) is 0 Å². The van der Waals surface area contributed by atoms with E-state index >= 15 is 0 Å². The smallest absolute Gasteiger partial charge is 0.251 e. The van der Waals surface area contributed by atoms with E-state index < -0.39 is 0 Å². The summed E-state index contributed by atoms with van der Waals surface area (Å²) in [6.07, 6.45) is 5.35. The van der Waals surface area contributed by atoms with Gasteiger partial charge in [0, 0.05) is 23.0 Å². The van der Waals surface area contributed by atoms with Gasteiger partial charge in [0.15, 0.2) is 5.09 Å². The highest BCUT2D eigenvalue weighted by molar-refractivity contribution is 7.99. The third-order valence-corrected chi connectivity index (χ3v) is 5.91. The van der Waals surface area contributed by atoms with Crippen molar-refractivity contribution in [2.75, 3.05) is 19.6 Å². The van der Waals surface area contributed by atoms with Crippen molar-refractivity contribution in [2.24, 2.45) is 5.92 Å². The predicted octanol–water partition coefficient (Wildman–Crippen LogP) is 3.64. The van der Waals surface area contributed by atoms with Crippen molar-refractivity contribution in [2.45, 2.75) is 35.3 Å². The lowest BCUT2D eigenvalue weighted by molar-refractivity contribution is 0.0928. The molecule has 4 heterocycles. The third-order valence-electron chi connectivity index (χ3n) is 4.97. The molecule has 5 rings (SSSR count). The van der Waals surface area contributed by atoms with Crippen LogP contribution in [0.15, 0.2) is 57.1 Å². The number of benzene rings is 1. The summed E-state index contributed by atoms with van der Waals surface area (Å²) in [4.78, 5) is 16.1. The molecule has 1 atom stereocenters. The van der Waals surface area contributed by atoms with E-state index in [0.717, 1.165) is 34.4 Å². The van der Waals surface area contributed by atoms with Crippen LogP contribution in [-0.4, -0.2) is 36.5 Å². The number of amides is 1. The Morgan fingerprint density at radius 1 is 1.17 bits per heavy atom. The van der Waals surface area contributed by atoms with E-state index in [9.17, 15) is 4.79 Å². The quantitative estimate of drug-likeness (QED) is 0.921. The number of hydrogen-bond acceptors (Lipinski definition) is 4. The number of furan rings is 1. The zero-order chi connectivity index (χ0) is 16.4. The van der Waals surface area contributed by atoms with E-state index in [1.807, 2.05) is 36.4 Å². The Hall–Kier alpha value is -1.72. The fraction of sp³-hybridized carbons (Fsp3) is 0.421. The van der Waals surface area contributed by atoms with E-state index in [0.29, 0.717) is 0 Å². The maximum atomic E-state index is 12.5. The first-order valence-corrected chi connectivity index (χ1v) is 9.42. The molecule has 0 radical (unpaired) electrons. The fourth-order valence-electron chi connectivity index (χ4n) is 3.68. The molecule has 3 fully saturated rings. The Morgan fingerprint density at radius 3 is 2.67 bits per heavy atom. The van der Waals surface area contributed by atoms with Gasteiger partial charge in [-0.15, -0.1) is 0 Å². The van der Waals surface area contributed by atoms with Gasteiger partial charge >= 0.3 is 0 Å². The minimum atomic E-state index is 0.0389. The van der Waals surface area contributed by atoms with Crippen molar-refractivity contribution < 1.29 is 9.21 Å². The number of fused-ring (bicyclic) bond motifs is 4. The molecule has 126 valence electrons. The minimum Gasteiger partial charge on any atom is -0.458 e. The molecule has 1 amide bonds. The number of rotatable bonds is 4. The van der Waals surface area contributed by atoms with Crippen LogP contribution in [-0.2, 0) is 0 Å². The van der Waals surface area contributed by atoms with Gasteiger partial charge in [-0.25, -0.2) is 0 Å². The highest BCUT2D eigenvalue weighted by Gasteiger charge is 2.29. The van der Waals surface area contributed by atoms with Crippen LogP contribution in [0.4, 0.5) is 0 Å². The summed E-state index contributed by atoms with van der Waals surface area (Å²) in [5, 5.41) is 4.09. The molecule has 3 aliphatic rings. The predicted molar refractivity (Wildman–Crippen MR) is 94.3 cm³/mol. The SMILES string of the molecule is O=C(NC1CC2CCN(CC2)C1)c1ccc(Sc2ccco2)cc1. The average Bonchev–Trinajstić information content (AvgIpc) is 2.94. The second-order valence-electron chi connectivity index (χ2n) is 6.71. The van der Waals surface area contributed by atoms with Gasteiger partial charge in [0.25, 0.3) is 5.91 Å². The first-order chi connectivity index (χ1) is 11.8. The molecule has 1 aromatic heterocycles. The van der Waals surface area contributed by atoms with Crippen LogP contribution >= 0.6 is 11.8 Å². The zero-order valence-electron chi connectivity index (χ0n) is 13.6. The van der Waals surface area contributed by atoms with Crippen molar-refractivity contribution in [1.29, 1.82) is 0 Å². The van der Waals surface area contributed by atoms with Crippen molar-refractivity contribution in [1.82, 2.24) is 10.2 Å². The first-order valence-electron chi connectivity index (χ1n) is 8.61. The summed E-state index contributed by atoms with van der Waals surface area (Å²) in [6, 6.07) is 11.8.